The molecule has 1 spiro atoms. The molecule has 0 amide bonds. The van der Waals surface area contributed by atoms with Crippen molar-refractivity contribution in [3.63, 3.8) is 0 Å². The van der Waals surface area contributed by atoms with E-state index in [0.717, 1.165) is 39.0 Å². The van der Waals surface area contributed by atoms with Crippen molar-refractivity contribution in [2.45, 2.75) is 51.5 Å². The van der Waals surface area contributed by atoms with Gasteiger partial charge >= 0.3 is 11.5 Å². The first-order valence-corrected chi connectivity index (χ1v) is 22.3. The van der Waals surface area contributed by atoms with Crippen LogP contribution in [0.25, 0.3) is 72.1 Å². The van der Waals surface area contributed by atoms with Gasteiger partial charge in [-0.15, -0.1) is 9.13 Å². The maximum Gasteiger partial charge on any atom is 0.364 e. The second kappa shape index (κ2) is 10.2. The minimum absolute atomic E-state index is 0.0340. The van der Waals surface area contributed by atoms with Crippen LogP contribution in [0.4, 0.5) is 0 Å². The van der Waals surface area contributed by atoms with Crippen LogP contribution >= 0.6 is 0 Å². The van der Waals surface area contributed by atoms with Crippen molar-refractivity contribution in [1.82, 2.24) is 4.57 Å². The van der Waals surface area contributed by atoms with Crippen molar-refractivity contribution >= 4 is 57.0 Å². The Morgan fingerprint density at radius 3 is 2.26 bits per heavy atom. The Balaban J connectivity index is 1.42. The van der Waals surface area contributed by atoms with E-state index in [0.29, 0.717) is 0 Å². The number of hydrogen-bond donors (Lipinski definition) is 0. The average Bonchev–Trinajstić information content (AvgIpc) is 3.87. The summed E-state index contributed by atoms with van der Waals surface area (Å²) in [6, 6.07) is 49.7. The van der Waals surface area contributed by atoms with Crippen LogP contribution in [0, 0.1) is 0 Å². The molecule has 1 unspecified atom stereocenters. The van der Waals surface area contributed by atoms with Crippen LogP contribution in [0.2, 0.25) is 19.6 Å². The Bertz CT molecular complexity index is 2970. The van der Waals surface area contributed by atoms with Gasteiger partial charge in [0.2, 0.25) is 5.69 Å². The molecule has 9 aromatic rings. The molecular weight excluding hydrogens is 663 g/mol. The zero-order chi connectivity index (χ0) is 36.0. The van der Waals surface area contributed by atoms with Gasteiger partial charge in [-0.2, -0.15) is 4.57 Å². The van der Waals surface area contributed by atoms with Crippen LogP contribution in [-0.4, -0.2) is 12.6 Å². The van der Waals surface area contributed by atoms with E-state index in [9.17, 15) is 0 Å². The molecule has 0 aliphatic carbocycles. The largest absolute Gasteiger partial charge is 0.455 e. The molecule has 1 atom stereocenters. The molecule has 3 aromatic heterocycles. The van der Waals surface area contributed by atoms with Crippen LogP contribution in [0.5, 0.6) is 0 Å². The van der Waals surface area contributed by atoms with Crippen molar-refractivity contribution in [2.24, 2.45) is 0 Å². The molecule has 2 aliphatic heterocycles. The lowest BCUT2D eigenvalue weighted by atomic mass is 9.82. The van der Waals surface area contributed by atoms with E-state index < -0.39 is 13.7 Å². The molecule has 0 saturated heterocycles. The topological polar surface area (TPSA) is 25.8 Å². The fraction of sp³-hybridized carbons (Fsp3) is 0.167. The molecule has 53 heavy (non-hydrogen) atoms. The minimum atomic E-state index is -1.72. The third kappa shape index (κ3) is 3.90. The quantitative estimate of drug-likeness (QED) is 0.130. The van der Waals surface area contributed by atoms with Crippen LogP contribution in [0.15, 0.2) is 144 Å². The average molecular weight is 704 g/mol. The molecule has 2 aliphatic rings. The highest BCUT2D eigenvalue weighted by Crippen LogP contribution is 2.53. The molecule has 4 nitrogen and oxygen atoms in total. The third-order valence-electron chi connectivity index (χ3n) is 12.0. The van der Waals surface area contributed by atoms with E-state index in [4.69, 9.17) is 4.42 Å². The maximum atomic E-state index is 7.03. The summed E-state index contributed by atoms with van der Waals surface area (Å²) >= 11 is 0. The number of para-hydroxylation sites is 3. The monoisotopic (exact) mass is 703 g/mol. The lowest BCUT2D eigenvalue weighted by Gasteiger charge is -2.24. The van der Waals surface area contributed by atoms with Gasteiger partial charge in [0, 0.05) is 27.4 Å². The molecule has 6 aromatic carbocycles. The summed E-state index contributed by atoms with van der Waals surface area (Å²) in [7, 11) is -1.72. The number of fused-ring (bicyclic) bond motifs is 17. The molecule has 11 rings (SSSR count). The zero-order valence-electron chi connectivity index (χ0n) is 31.0. The van der Waals surface area contributed by atoms with Crippen LogP contribution < -0.4 is 14.3 Å². The molecule has 5 heteroatoms. The summed E-state index contributed by atoms with van der Waals surface area (Å²) in [5.74, 6) is 1.13. The molecule has 0 radical (unpaired) electrons. The number of hydrogen-bond acceptors (Lipinski definition) is 1. The Labute approximate surface area is 310 Å². The van der Waals surface area contributed by atoms with Crippen LogP contribution in [0.1, 0.15) is 37.5 Å². The van der Waals surface area contributed by atoms with Crippen molar-refractivity contribution in [1.29, 1.82) is 0 Å². The molecule has 0 N–H and O–H groups in total. The highest BCUT2D eigenvalue weighted by Gasteiger charge is 2.67. The van der Waals surface area contributed by atoms with Crippen molar-refractivity contribution < 1.29 is 13.6 Å². The first-order chi connectivity index (χ1) is 25.6. The summed E-state index contributed by atoms with van der Waals surface area (Å²) in [5, 5.41) is 6.15. The van der Waals surface area contributed by atoms with E-state index in [1.807, 2.05) is 0 Å². The summed E-state index contributed by atoms with van der Waals surface area (Å²) in [6.07, 6.45) is 2.50. The fourth-order valence-electron chi connectivity index (χ4n) is 9.38. The summed E-state index contributed by atoms with van der Waals surface area (Å²) in [5.41, 5.74) is 12.1. The van der Waals surface area contributed by atoms with E-state index in [2.05, 4.69) is 194 Å². The molecule has 5 heterocycles. The Kier molecular flexibility index (Phi) is 5.93. The first kappa shape index (κ1) is 30.8. The maximum absolute atomic E-state index is 7.03. The Morgan fingerprint density at radius 2 is 1.43 bits per heavy atom. The smallest absolute Gasteiger partial charge is 0.364 e. The minimum Gasteiger partial charge on any atom is -0.455 e. The number of rotatable bonds is 2. The third-order valence-corrected chi connectivity index (χ3v) is 14.0. The lowest BCUT2D eigenvalue weighted by molar-refractivity contribution is -0.944. The second-order valence-electron chi connectivity index (χ2n) is 17.1. The standard InChI is InChI=1S/C48H41N3OSi/c1-47(2,3)31-22-24-36-38(28-31)48(49-29-32(53(4,5)6)23-27-39(36)49)37-26-25-35-34-17-9-12-21-43(34)52-45(35)44(37)46-50(41-18-10-11-19-42(41)51(46)48)40-20-13-15-30-14-7-8-16-33(30)40/h7-29H,1-6H3/q+2. The van der Waals surface area contributed by atoms with Gasteiger partial charge in [-0.25, -0.2) is 0 Å². The number of furan rings is 1. The van der Waals surface area contributed by atoms with E-state index in [1.165, 1.54) is 54.9 Å². The van der Waals surface area contributed by atoms with Gasteiger partial charge in [0.05, 0.1) is 24.8 Å². The second-order valence-corrected chi connectivity index (χ2v) is 22.1. The number of aromatic nitrogens is 3. The highest BCUT2D eigenvalue weighted by atomic mass is 28.3. The van der Waals surface area contributed by atoms with Crippen molar-refractivity contribution in [3.8, 4) is 28.3 Å². The van der Waals surface area contributed by atoms with Gasteiger partial charge in [0.1, 0.15) is 16.8 Å². The fourth-order valence-corrected chi connectivity index (χ4v) is 10.5. The molecule has 256 valence electrons. The van der Waals surface area contributed by atoms with Gasteiger partial charge in [0.15, 0.2) is 22.8 Å². The van der Waals surface area contributed by atoms with Gasteiger partial charge in [-0.3, -0.25) is 0 Å². The Morgan fingerprint density at radius 1 is 0.679 bits per heavy atom. The first-order valence-electron chi connectivity index (χ1n) is 18.8. The highest BCUT2D eigenvalue weighted by molar-refractivity contribution is 6.88. The van der Waals surface area contributed by atoms with Gasteiger partial charge < -0.3 is 4.42 Å². The normalized spacial score (nSPS) is 16.2. The van der Waals surface area contributed by atoms with Crippen molar-refractivity contribution in [3.05, 3.63) is 156 Å². The van der Waals surface area contributed by atoms with Gasteiger partial charge in [-0.05, 0) is 64.9 Å². The lowest BCUT2D eigenvalue weighted by Crippen LogP contribution is -2.72. The predicted octanol–water partition coefficient (Wildman–Crippen LogP) is 10.4. The summed E-state index contributed by atoms with van der Waals surface area (Å²) in [6.45, 7) is 14.3. The van der Waals surface area contributed by atoms with Crippen LogP contribution in [-0.2, 0) is 11.1 Å². The SMILES string of the molecule is CC(C)(C)c1ccc2c(c1)C1(c3ccc4c(oc5ccccc54)c3-c3n(-c4cccc5ccccc45)c4ccccc4[n+]31)[n+]1cc([Si](C)(C)C)ccc1-2. The molecule has 0 fully saturated rings. The number of nitrogens with zero attached hydrogens (tertiary/aromatic N) is 3. The molecule has 0 saturated carbocycles. The van der Waals surface area contributed by atoms with E-state index in [-0.39, 0.29) is 5.41 Å². The summed E-state index contributed by atoms with van der Waals surface area (Å²) in [4.78, 5) is 0. The zero-order valence-corrected chi connectivity index (χ0v) is 32.0. The number of benzene rings is 6. The van der Waals surface area contributed by atoms with Gasteiger partial charge in [-0.1, -0.05) is 119 Å². The Hall–Kier alpha value is -5.78. The number of imidazole rings is 1. The molecular formula is C48H41N3OSi+2. The molecule has 0 bridgehead atoms. The number of pyridine rings is 1. The van der Waals surface area contributed by atoms with Crippen LogP contribution in [0.3, 0.4) is 0 Å². The summed E-state index contributed by atoms with van der Waals surface area (Å²) < 4.78 is 14.8. The predicted molar refractivity (Wildman–Crippen MR) is 219 cm³/mol. The van der Waals surface area contributed by atoms with E-state index >= 15 is 0 Å². The van der Waals surface area contributed by atoms with E-state index in [1.54, 1.807) is 0 Å². The van der Waals surface area contributed by atoms with Gasteiger partial charge in [0.25, 0.3) is 0 Å². The van der Waals surface area contributed by atoms with Crippen molar-refractivity contribution in [2.75, 3.05) is 0 Å².